The van der Waals surface area contributed by atoms with Crippen molar-refractivity contribution in [1.29, 1.82) is 0 Å². The molecular weight excluding hydrogens is 242 g/mol. The van der Waals surface area contributed by atoms with E-state index >= 15 is 0 Å². The first-order chi connectivity index (χ1) is 7.63. The lowest BCUT2D eigenvalue weighted by Gasteiger charge is -2.12. The first-order valence-corrected chi connectivity index (χ1v) is 6.75. The molecule has 1 rings (SSSR count). The fourth-order valence-electron chi connectivity index (χ4n) is 1.30. The van der Waals surface area contributed by atoms with Crippen LogP contribution in [0.15, 0.2) is 23.1 Å². The third-order valence-corrected chi connectivity index (χ3v) is 3.40. The molecule has 2 nitrogen and oxygen atoms in total. The van der Waals surface area contributed by atoms with Crippen molar-refractivity contribution >= 4 is 23.4 Å². The Balaban J connectivity index is 2.72. The maximum atomic E-state index is 8.83. The Morgan fingerprint density at radius 2 is 2.19 bits per heavy atom. The van der Waals surface area contributed by atoms with Crippen LogP contribution < -0.4 is 5.32 Å². The zero-order valence-corrected chi connectivity index (χ0v) is 11.2. The first kappa shape index (κ1) is 13.8. The summed E-state index contributed by atoms with van der Waals surface area (Å²) in [4.78, 5) is 1.19. The molecule has 0 aliphatic carbocycles. The Hall–Kier alpha value is -0.220. The molecule has 0 spiro atoms. The van der Waals surface area contributed by atoms with E-state index in [1.807, 2.05) is 18.2 Å². The molecule has 0 radical (unpaired) electrons. The Morgan fingerprint density at radius 3 is 2.81 bits per heavy atom. The number of rotatable bonds is 6. The molecule has 16 heavy (non-hydrogen) atoms. The van der Waals surface area contributed by atoms with Gasteiger partial charge in [-0.05, 0) is 23.8 Å². The molecule has 90 valence electrons. The predicted molar refractivity (Wildman–Crippen MR) is 71.2 cm³/mol. The zero-order valence-electron chi connectivity index (χ0n) is 9.66. The van der Waals surface area contributed by atoms with Gasteiger partial charge in [0, 0.05) is 28.3 Å². The second kappa shape index (κ2) is 7.17. The standard InChI is InChI=1S/C12H18ClNOS/c1-9(2)14-8-10-7-11(13)3-4-12(10)16-6-5-15/h3-4,7,9,14-15H,5-6,8H2,1-2H3. The van der Waals surface area contributed by atoms with Crippen LogP contribution in [0.1, 0.15) is 19.4 Å². The van der Waals surface area contributed by atoms with Crippen LogP contribution in [0, 0.1) is 0 Å². The van der Waals surface area contributed by atoms with E-state index in [0.29, 0.717) is 6.04 Å². The van der Waals surface area contributed by atoms with Gasteiger partial charge in [0.15, 0.2) is 0 Å². The summed E-state index contributed by atoms with van der Waals surface area (Å²) in [6.45, 7) is 5.24. The van der Waals surface area contributed by atoms with E-state index in [1.165, 1.54) is 10.5 Å². The van der Waals surface area contributed by atoms with Crippen LogP contribution in [0.25, 0.3) is 0 Å². The summed E-state index contributed by atoms with van der Waals surface area (Å²) in [6, 6.07) is 6.34. The molecule has 0 amide bonds. The molecule has 0 heterocycles. The second-order valence-corrected chi connectivity index (χ2v) is 5.43. The number of halogens is 1. The fourth-order valence-corrected chi connectivity index (χ4v) is 2.28. The molecule has 1 aromatic rings. The Morgan fingerprint density at radius 1 is 1.44 bits per heavy atom. The first-order valence-electron chi connectivity index (χ1n) is 5.39. The summed E-state index contributed by atoms with van der Waals surface area (Å²) in [5, 5.41) is 13.0. The topological polar surface area (TPSA) is 32.3 Å². The Bertz CT molecular complexity index is 331. The zero-order chi connectivity index (χ0) is 12.0. The van der Waals surface area contributed by atoms with Gasteiger partial charge in [-0.15, -0.1) is 11.8 Å². The predicted octanol–water partition coefficient (Wildman–Crippen LogP) is 2.92. The molecule has 0 fully saturated rings. The number of aliphatic hydroxyl groups is 1. The monoisotopic (exact) mass is 259 g/mol. The van der Waals surface area contributed by atoms with E-state index in [2.05, 4.69) is 19.2 Å². The third-order valence-electron chi connectivity index (χ3n) is 2.07. The molecule has 0 saturated carbocycles. The number of nitrogens with one attached hydrogen (secondary N) is 1. The summed E-state index contributed by atoms with van der Waals surface area (Å²) in [7, 11) is 0. The largest absolute Gasteiger partial charge is 0.396 e. The molecule has 0 saturated heterocycles. The fraction of sp³-hybridized carbons (Fsp3) is 0.500. The molecule has 0 bridgehead atoms. The second-order valence-electron chi connectivity index (χ2n) is 3.86. The van der Waals surface area contributed by atoms with Gasteiger partial charge in [-0.25, -0.2) is 0 Å². The molecule has 0 atom stereocenters. The minimum Gasteiger partial charge on any atom is -0.396 e. The molecule has 0 aliphatic heterocycles. The minimum atomic E-state index is 0.199. The number of thioether (sulfide) groups is 1. The van der Waals surface area contributed by atoms with E-state index in [0.717, 1.165) is 17.3 Å². The van der Waals surface area contributed by atoms with Gasteiger partial charge >= 0.3 is 0 Å². The van der Waals surface area contributed by atoms with Gasteiger partial charge < -0.3 is 10.4 Å². The minimum absolute atomic E-state index is 0.199. The maximum absolute atomic E-state index is 8.83. The smallest absolute Gasteiger partial charge is 0.0525 e. The van der Waals surface area contributed by atoms with Crippen molar-refractivity contribution in [3.05, 3.63) is 28.8 Å². The van der Waals surface area contributed by atoms with E-state index in [4.69, 9.17) is 16.7 Å². The van der Waals surface area contributed by atoms with Gasteiger partial charge in [-0.3, -0.25) is 0 Å². The normalized spacial score (nSPS) is 11.1. The Labute approximate surface area is 106 Å². The van der Waals surface area contributed by atoms with Crippen molar-refractivity contribution in [2.45, 2.75) is 31.3 Å². The van der Waals surface area contributed by atoms with Gasteiger partial charge in [0.1, 0.15) is 0 Å². The van der Waals surface area contributed by atoms with Crippen molar-refractivity contribution in [3.63, 3.8) is 0 Å². The highest BCUT2D eigenvalue weighted by Gasteiger charge is 2.04. The van der Waals surface area contributed by atoms with Crippen molar-refractivity contribution in [1.82, 2.24) is 5.32 Å². The molecule has 2 N–H and O–H groups in total. The van der Waals surface area contributed by atoms with Crippen LogP contribution in [0.3, 0.4) is 0 Å². The lowest BCUT2D eigenvalue weighted by Crippen LogP contribution is -2.22. The van der Waals surface area contributed by atoms with Crippen molar-refractivity contribution < 1.29 is 5.11 Å². The number of hydrogen-bond acceptors (Lipinski definition) is 3. The van der Waals surface area contributed by atoms with E-state index < -0.39 is 0 Å². The van der Waals surface area contributed by atoms with Crippen LogP contribution in [0.5, 0.6) is 0 Å². The Kier molecular flexibility index (Phi) is 6.21. The van der Waals surface area contributed by atoms with Crippen LogP contribution in [0.4, 0.5) is 0 Å². The summed E-state index contributed by atoms with van der Waals surface area (Å²) >= 11 is 7.64. The van der Waals surface area contributed by atoms with Gasteiger partial charge in [0.2, 0.25) is 0 Å². The lowest BCUT2D eigenvalue weighted by atomic mass is 10.2. The van der Waals surface area contributed by atoms with Gasteiger partial charge in [-0.1, -0.05) is 25.4 Å². The average molecular weight is 260 g/mol. The van der Waals surface area contributed by atoms with Gasteiger partial charge in [-0.2, -0.15) is 0 Å². The quantitative estimate of drug-likeness (QED) is 0.771. The van der Waals surface area contributed by atoms with Crippen LogP contribution in [0.2, 0.25) is 5.02 Å². The highest BCUT2D eigenvalue weighted by molar-refractivity contribution is 7.99. The summed E-state index contributed by atoms with van der Waals surface area (Å²) in [5.74, 6) is 0.719. The van der Waals surface area contributed by atoms with Gasteiger partial charge in [0.25, 0.3) is 0 Å². The molecular formula is C12H18ClNOS. The van der Waals surface area contributed by atoms with Crippen LogP contribution >= 0.6 is 23.4 Å². The summed E-state index contributed by atoms with van der Waals surface area (Å²) < 4.78 is 0. The lowest BCUT2D eigenvalue weighted by molar-refractivity contribution is 0.322. The van der Waals surface area contributed by atoms with Crippen LogP contribution in [-0.2, 0) is 6.54 Å². The summed E-state index contributed by atoms with van der Waals surface area (Å²) in [6.07, 6.45) is 0. The molecule has 4 heteroatoms. The van der Waals surface area contributed by atoms with Crippen LogP contribution in [-0.4, -0.2) is 23.5 Å². The van der Waals surface area contributed by atoms with Gasteiger partial charge in [0.05, 0.1) is 6.61 Å². The number of hydrogen-bond donors (Lipinski definition) is 2. The average Bonchev–Trinajstić information content (AvgIpc) is 2.25. The molecule has 0 aliphatic rings. The van der Waals surface area contributed by atoms with Crippen molar-refractivity contribution in [2.24, 2.45) is 0 Å². The van der Waals surface area contributed by atoms with E-state index in [9.17, 15) is 0 Å². The van der Waals surface area contributed by atoms with E-state index in [-0.39, 0.29) is 6.61 Å². The highest BCUT2D eigenvalue weighted by atomic mass is 35.5. The number of aliphatic hydroxyl groups excluding tert-OH is 1. The number of benzene rings is 1. The highest BCUT2D eigenvalue weighted by Crippen LogP contribution is 2.25. The molecule has 0 unspecified atom stereocenters. The maximum Gasteiger partial charge on any atom is 0.0525 e. The van der Waals surface area contributed by atoms with Crippen molar-refractivity contribution in [2.75, 3.05) is 12.4 Å². The molecule has 1 aromatic carbocycles. The van der Waals surface area contributed by atoms with Crippen molar-refractivity contribution in [3.8, 4) is 0 Å². The SMILES string of the molecule is CC(C)NCc1cc(Cl)ccc1SCCO. The third kappa shape index (κ3) is 4.74. The summed E-state index contributed by atoms with van der Waals surface area (Å²) in [5.41, 5.74) is 1.19. The van der Waals surface area contributed by atoms with E-state index in [1.54, 1.807) is 11.8 Å². The molecule has 0 aromatic heterocycles.